The highest BCUT2D eigenvalue weighted by atomic mass is 16.3. The van der Waals surface area contributed by atoms with Gasteiger partial charge in [-0.05, 0) is 26.3 Å². The van der Waals surface area contributed by atoms with Crippen LogP contribution in [0.25, 0.3) is 0 Å². The first-order chi connectivity index (χ1) is 7.58. The summed E-state index contributed by atoms with van der Waals surface area (Å²) in [4.78, 5) is 0. The minimum atomic E-state index is 0.0389. The van der Waals surface area contributed by atoms with Crippen molar-refractivity contribution in [2.24, 2.45) is 0 Å². The number of hydrogen-bond donors (Lipinski definition) is 3. The smallest absolute Gasteiger partial charge is 0.120 e. The van der Waals surface area contributed by atoms with Gasteiger partial charge < -0.3 is 15.5 Å². The fraction of sp³-hybridized carbons (Fsp3) is 0.538. The summed E-state index contributed by atoms with van der Waals surface area (Å²) >= 11 is 0. The van der Waals surface area contributed by atoms with E-state index in [0.717, 1.165) is 17.5 Å². The second kappa shape index (κ2) is 5.87. The molecule has 16 heavy (non-hydrogen) atoms. The number of hydrogen-bond acceptors (Lipinski definition) is 3. The molecule has 0 saturated carbocycles. The first-order valence-electron chi connectivity index (χ1n) is 5.74. The van der Waals surface area contributed by atoms with E-state index in [1.165, 1.54) is 0 Å². The van der Waals surface area contributed by atoms with Gasteiger partial charge >= 0.3 is 0 Å². The van der Waals surface area contributed by atoms with Crippen LogP contribution in [0.5, 0.6) is 5.75 Å². The summed E-state index contributed by atoms with van der Waals surface area (Å²) in [6, 6.07) is 5.68. The van der Waals surface area contributed by atoms with Crippen molar-refractivity contribution in [1.29, 1.82) is 0 Å². The van der Waals surface area contributed by atoms with Crippen molar-refractivity contribution >= 4 is 0 Å². The van der Waals surface area contributed by atoms with E-state index < -0.39 is 0 Å². The third-order valence-corrected chi connectivity index (χ3v) is 2.85. The average Bonchev–Trinajstić information content (AvgIpc) is 2.28. The highest BCUT2D eigenvalue weighted by molar-refractivity contribution is 5.37. The van der Waals surface area contributed by atoms with E-state index in [-0.39, 0.29) is 18.7 Å². The van der Waals surface area contributed by atoms with Crippen molar-refractivity contribution in [2.75, 3.05) is 6.61 Å². The number of aromatic hydroxyl groups is 1. The SMILES string of the molecule is CC[C@H](CO)NC(C)c1cc(C)ccc1O. The van der Waals surface area contributed by atoms with Crippen LogP contribution in [0, 0.1) is 6.92 Å². The number of rotatable bonds is 5. The summed E-state index contributed by atoms with van der Waals surface area (Å²) in [6.07, 6.45) is 0.868. The van der Waals surface area contributed by atoms with Gasteiger partial charge in [0.15, 0.2) is 0 Å². The lowest BCUT2D eigenvalue weighted by atomic mass is 10.0. The van der Waals surface area contributed by atoms with E-state index in [1.807, 2.05) is 32.9 Å². The molecule has 0 amide bonds. The normalized spacial score (nSPS) is 14.8. The number of nitrogens with one attached hydrogen (secondary N) is 1. The van der Waals surface area contributed by atoms with Gasteiger partial charge in [0, 0.05) is 17.6 Å². The molecular weight excluding hydrogens is 202 g/mol. The van der Waals surface area contributed by atoms with Gasteiger partial charge in [-0.3, -0.25) is 0 Å². The fourth-order valence-corrected chi connectivity index (χ4v) is 1.76. The van der Waals surface area contributed by atoms with Crippen molar-refractivity contribution in [2.45, 2.75) is 39.3 Å². The first kappa shape index (κ1) is 13.0. The average molecular weight is 223 g/mol. The number of aryl methyl sites for hydroxylation is 1. The number of benzene rings is 1. The zero-order valence-corrected chi connectivity index (χ0v) is 10.2. The lowest BCUT2D eigenvalue weighted by Gasteiger charge is -2.21. The molecule has 0 aliphatic rings. The minimum Gasteiger partial charge on any atom is -0.508 e. The van der Waals surface area contributed by atoms with Crippen LogP contribution < -0.4 is 5.32 Å². The molecule has 2 atom stereocenters. The molecule has 3 nitrogen and oxygen atoms in total. The van der Waals surface area contributed by atoms with E-state index in [1.54, 1.807) is 6.07 Å². The molecule has 3 heteroatoms. The third kappa shape index (κ3) is 3.22. The van der Waals surface area contributed by atoms with Gasteiger partial charge in [0.2, 0.25) is 0 Å². The highest BCUT2D eigenvalue weighted by Crippen LogP contribution is 2.25. The van der Waals surface area contributed by atoms with Gasteiger partial charge in [-0.1, -0.05) is 24.6 Å². The molecule has 1 rings (SSSR count). The molecule has 0 aliphatic carbocycles. The van der Waals surface area contributed by atoms with Crippen LogP contribution in [0.3, 0.4) is 0 Å². The van der Waals surface area contributed by atoms with Crippen molar-refractivity contribution in [3.05, 3.63) is 29.3 Å². The Hall–Kier alpha value is -1.06. The molecule has 0 heterocycles. The van der Waals surface area contributed by atoms with E-state index in [2.05, 4.69) is 5.32 Å². The molecule has 0 radical (unpaired) electrons. The van der Waals surface area contributed by atoms with Crippen molar-refractivity contribution in [3.8, 4) is 5.75 Å². The van der Waals surface area contributed by atoms with Crippen LogP contribution in [-0.2, 0) is 0 Å². The molecule has 3 N–H and O–H groups in total. The summed E-state index contributed by atoms with van der Waals surface area (Å²) in [7, 11) is 0. The summed E-state index contributed by atoms with van der Waals surface area (Å²) in [5, 5.41) is 22.2. The zero-order chi connectivity index (χ0) is 12.1. The standard InChI is InChI=1S/C13H21NO2/c1-4-11(8-15)14-10(3)12-7-9(2)5-6-13(12)16/h5-7,10-11,14-16H,4,8H2,1-3H3/t10?,11-/m1/s1. The third-order valence-electron chi connectivity index (χ3n) is 2.85. The Morgan fingerprint density at radius 1 is 1.38 bits per heavy atom. The monoisotopic (exact) mass is 223 g/mol. The molecule has 1 unspecified atom stereocenters. The fourth-order valence-electron chi connectivity index (χ4n) is 1.76. The maximum absolute atomic E-state index is 9.76. The van der Waals surface area contributed by atoms with Gasteiger partial charge in [-0.2, -0.15) is 0 Å². The van der Waals surface area contributed by atoms with Gasteiger partial charge in [0.25, 0.3) is 0 Å². The molecule has 1 aromatic rings. The maximum Gasteiger partial charge on any atom is 0.120 e. The Kier molecular flexibility index (Phi) is 4.77. The Morgan fingerprint density at radius 2 is 2.06 bits per heavy atom. The number of phenolic OH excluding ortho intramolecular Hbond substituents is 1. The van der Waals surface area contributed by atoms with Crippen LogP contribution in [0.1, 0.15) is 37.4 Å². The van der Waals surface area contributed by atoms with Crippen molar-refractivity contribution in [3.63, 3.8) is 0 Å². The number of phenols is 1. The molecular formula is C13H21NO2. The van der Waals surface area contributed by atoms with Crippen LogP contribution in [0.2, 0.25) is 0 Å². The zero-order valence-electron chi connectivity index (χ0n) is 10.2. The summed E-state index contributed by atoms with van der Waals surface area (Å²) in [5.74, 6) is 0.304. The first-order valence-corrected chi connectivity index (χ1v) is 5.74. The van der Waals surface area contributed by atoms with Crippen LogP contribution in [0.4, 0.5) is 0 Å². The lowest BCUT2D eigenvalue weighted by molar-refractivity contribution is 0.229. The predicted octanol–water partition coefficient (Wildman–Crippen LogP) is 2.12. The predicted molar refractivity (Wildman–Crippen MR) is 65.6 cm³/mol. The number of aliphatic hydroxyl groups excluding tert-OH is 1. The molecule has 0 fully saturated rings. The van der Waals surface area contributed by atoms with Crippen LogP contribution in [0.15, 0.2) is 18.2 Å². The molecule has 0 spiro atoms. The summed E-state index contributed by atoms with van der Waals surface area (Å²) in [5.41, 5.74) is 2.00. The Bertz CT molecular complexity index is 335. The molecule has 90 valence electrons. The number of aliphatic hydroxyl groups is 1. The van der Waals surface area contributed by atoms with Gasteiger partial charge in [0.05, 0.1) is 6.61 Å². The Balaban J connectivity index is 2.79. The highest BCUT2D eigenvalue weighted by Gasteiger charge is 2.14. The Labute approximate surface area is 97.1 Å². The topological polar surface area (TPSA) is 52.5 Å². The molecule has 0 aromatic heterocycles. The van der Waals surface area contributed by atoms with Crippen LogP contribution >= 0.6 is 0 Å². The molecule has 1 aromatic carbocycles. The van der Waals surface area contributed by atoms with Gasteiger partial charge in [-0.15, -0.1) is 0 Å². The molecule has 0 saturated heterocycles. The molecule has 0 bridgehead atoms. The van der Waals surface area contributed by atoms with Crippen molar-refractivity contribution in [1.82, 2.24) is 5.32 Å². The summed E-state index contributed by atoms with van der Waals surface area (Å²) < 4.78 is 0. The summed E-state index contributed by atoms with van der Waals surface area (Å²) in [6.45, 7) is 6.13. The minimum absolute atomic E-state index is 0.0389. The van der Waals surface area contributed by atoms with Gasteiger partial charge in [-0.25, -0.2) is 0 Å². The van der Waals surface area contributed by atoms with E-state index in [9.17, 15) is 5.11 Å². The van der Waals surface area contributed by atoms with E-state index >= 15 is 0 Å². The van der Waals surface area contributed by atoms with Gasteiger partial charge in [0.1, 0.15) is 5.75 Å². The largest absolute Gasteiger partial charge is 0.508 e. The van der Waals surface area contributed by atoms with E-state index in [4.69, 9.17) is 5.11 Å². The maximum atomic E-state index is 9.76. The Morgan fingerprint density at radius 3 is 2.62 bits per heavy atom. The van der Waals surface area contributed by atoms with Crippen molar-refractivity contribution < 1.29 is 10.2 Å². The quantitative estimate of drug-likeness (QED) is 0.716. The van der Waals surface area contributed by atoms with E-state index in [0.29, 0.717) is 5.75 Å². The second-order valence-electron chi connectivity index (χ2n) is 4.24. The second-order valence-corrected chi connectivity index (χ2v) is 4.24. The molecule has 0 aliphatic heterocycles. The van der Waals surface area contributed by atoms with Crippen LogP contribution in [-0.4, -0.2) is 22.9 Å². The lowest BCUT2D eigenvalue weighted by Crippen LogP contribution is -2.33.